The van der Waals surface area contributed by atoms with Crippen molar-refractivity contribution in [1.29, 1.82) is 0 Å². The maximum Gasteiger partial charge on any atom is 0.0775 e. The molecule has 0 spiro atoms. The van der Waals surface area contributed by atoms with Gasteiger partial charge in [-0.2, -0.15) is 0 Å². The van der Waals surface area contributed by atoms with E-state index in [9.17, 15) is 5.11 Å². The lowest BCUT2D eigenvalue weighted by Gasteiger charge is -2.20. The van der Waals surface area contributed by atoms with Crippen LogP contribution in [0.5, 0.6) is 0 Å². The molecule has 3 N–H and O–H groups in total. The highest BCUT2D eigenvalue weighted by molar-refractivity contribution is 5.17. The van der Waals surface area contributed by atoms with Crippen molar-refractivity contribution in [3.05, 3.63) is 30.1 Å². The van der Waals surface area contributed by atoms with Crippen LogP contribution in [0.3, 0.4) is 0 Å². The molecular formula is C11H16N2O. The molecule has 2 rings (SSSR count). The van der Waals surface area contributed by atoms with Crippen LogP contribution in [0.25, 0.3) is 0 Å². The molecule has 1 aromatic rings. The van der Waals surface area contributed by atoms with Gasteiger partial charge in [-0.05, 0) is 36.8 Å². The molecule has 76 valence electrons. The Bertz CT molecular complexity index is 301. The van der Waals surface area contributed by atoms with Crippen molar-refractivity contribution in [3.63, 3.8) is 0 Å². The summed E-state index contributed by atoms with van der Waals surface area (Å²) in [5, 5.41) is 9.99. The highest BCUT2D eigenvalue weighted by Gasteiger charge is 2.36. The second kappa shape index (κ2) is 3.67. The van der Waals surface area contributed by atoms with E-state index in [-0.39, 0.29) is 0 Å². The number of hydrogen-bond acceptors (Lipinski definition) is 3. The number of nitrogens with two attached hydrogens (primary N) is 1. The zero-order valence-electron chi connectivity index (χ0n) is 8.19. The molecule has 1 aliphatic rings. The van der Waals surface area contributed by atoms with Gasteiger partial charge in [0.1, 0.15) is 0 Å². The molecule has 0 saturated heterocycles. The second-order valence-electron chi connectivity index (χ2n) is 4.15. The van der Waals surface area contributed by atoms with Crippen LogP contribution >= 0.6 is 0 Å². The number of hydrogen-bond donors (Lipinski definition) is 2. The van der Waals surface area contributed by atoms with Crippen LogP contribution in [0.2, 0.25) is 0 Å². The van der Waals surface area contributed by atoms with E-state index in [0.717, 1.165) is 19.3 Å². The maximum atomic E-state index is 9.99. The van der Waals surface area contributed by atoms with Gasteiger partial charge >= 0.3 is 0 Å². The Balaban J connectivity index is 2.10. The third-order valence-electron chi connectivity index (χ3n) is 3.12. The van der Waals surface area contributed by atoms with Crippen molar-refractivity contribution in [2.45, 2.75) is 30.8 Å². The SMILES string of the molecule is NCC1(O)CCC(c2cccnc2)C1. The lowest BCUT2D eigenvalue weighted by Crippen LogP contribution is -2.34. The zero-order chi connectivity index (χ0) is 10.0. The second-order valence-corrected chi connectivity index (χ2v) is 4.15. The molecule has 0 amide bonds. The molecule has 2 atom stereocenters. The van der Waals surface area contributed by atoms with Gasteiger partial charge in [0, 0.05) is 18.9 Å². The van der Waals surface area contributed by atoms with Gasteiger partial charge in [0.05, 0.1) is 5.60 Å². The molecule has 3 nitrogen and oxygen atoms in total. The van der Waals surface area contributed by atoms with Crippen molar-refractivity contribution in [2.75, 3.05) is 6.54 Å². The van der Waals surface area contributed by atoms with Gasteiger partial charge in [-0.25, -0.2) is 0 Å². The van der Waals surface area contributed by atoms with Crippen molar-refractivity contribution in [3.8, 4) is 0 Å². The third kappa shape index (κ3) is 1.79. The first-order valence-corrected chi connectivity index (χ1v) is 5.06. The van der Waals surface area contributed by atoms with Gasteiger partial charge in [-0.3, -0.25) is 4.98 Å². The smallest absolute Gasteiger partial charge is 0.0775 e. The first-order valence-electron chi connectivity index (χ1n) is 5.06. The number of aliphatic hydroxyl groups is 1. The monoisotopic (exact) mass is 192 g/mol. The Morgan fingerprint density at radius 2 is 2.50 bits per heavy atom. The molecule has 3 heteroatoms. The van der Waals surface area contributed by atoms with E-state index in [1.54, 1.807) is 6.20 Å². The molecule has 1 saturated carbocycles. The molecule has 14 heavy (non-hydrogen) atoms. The Morgan fingerprint density at radius 3 is 3.07 bits per heavy atom. The molecule has 0 bridgehead atoms. The largest absolute Gasteiger partial charge is 0.389 e. The maximum absolute atomic E-state index is 9.99. The van der Waals surface area contributed by atoms with Crippen molar-refractivity contribution < 1.29 is 5.11 Å². The zero-order valence-corrected chi connectivity index (χ0v) is 8.19. The molecule has 1 heterocycles. The average Bonchev–Trinajstić information content (AvgIpc) is 2.63. The fraction of sp³-hybridized carbons (Fsp3) is 0.545. The Morgan fingerprint density at radius 1 is 1.64 bits per heavy atom. The van der Waals surface area contributed by atoms with Crippen LogP contribution < -0.4 is 5.73 Å². The standard InChI is InChI=1S/C11H16N2O/c12-8-11(14)4-3-9(6-11)10-2-1-5-13-7-10/h1-2,5,7,9,14H,3-4,6,8,12H2. The van der Waals surface area contributed by atoms with Gasteiger partial charge in [0.15, 0.2) is 0 Å². The summed E-state index contributed by atoms with van der Waals surface area (Å²) < 4.78 is 0. The van der Waals surface area contributed by atoms with E-state index in [1.807, 2.05) is 12.3 Å². The number of aromatic nitrogens is 1. The van der Waals surface area contributed by atoms with Gasteiger partial charge in [-0.1, -0.05) is 6.07 Å². The lowest BCUT2D eigenvalue weighted by molar-refractivity contribution is 0.0554. The van der Waals surface area contributed by atoms with E-state index >= 15 is 0 Å². The van der Waals surface area contributed by atoms with Crippen LogP contribution in [0, 0.1) is 0 Å². The summed E-state index contributed by atoms with van der Waals surface area (Å²) >= 11 is 0. The Labute approximate surface area is 84.0 Å². The summed E-state index contributed by atoms with van der Waals surface area (Å²) in [5.74, 6) is 0.428. The molecular weight excluding hydrogens is 176 g/mol. The summed E-state index contributed by atoms with van der Waals surface area (Å²) in [6.07, 6.45) is 6.25. The van der Waals surface area contributed by atoms with Crippen LogP contribution in [-0.4, -0.2) is 22.2 Å². The summed E-state index contributed by atoms with van der Waals surface area (Å²) in [6, 6.07) is 4.01. The Hall–Kier alpha value is -0.930. The van der Waals surface area contributed by atoms with Crippen LogP contribution in [0.15, 0.2) is 24.5 Å². The van der Waals surface area contributed by atoms with Crippen LogP contribution in [0.4, 0.5) is 0 Å². The van der Waals surface area contributed by atoms with E-state index < -0.39 is 5.60 Å². The molecule has 1 aromatic heterocycles. The molecule has 1 aliphatic carbocycles. The normalized spacial score (nSPS) is 32.0. The number of nitrogens with zero attached hydrogens (tertiary/aromatic N) is 1. The van der Waals surface area contributed by atoms with E-state index in [2.05, 4.69) is 11.1 Å². The van der Waals surface area contributed by atoms with Crippen LogP contribution in [0.1, 0.15) is 30.7 Å². The lowest BCUT2D eigenvalue weighted by atomic mass is 9.96. The fourth-order valence-electron chi connectivity index (χ4n) is 2.19. The molecule has 0 aliphatic heterocycles. The molecule has 0 aromatic carbocycles. The van der Waals surface area contributed by atoms with E-state index in [0.29, 0.717) is 12.5 Å². The third-order valence-corrected chi connectivity index (χ3v) is 3.12. The first kappa shape index (κ1) is 9.62. The van der Waals surface area contributed by atoms with E-state index in [1.165, 1.54) is 5.56 Å². The summed E-state index contributed by atoms with van der Waals surface area (Å²) in [5.41, 5.74) is 6.12. The number of pyridine rings is 1. The number of rotatable bonds is 2. The highest BCUT2D eigenvalue weighted by atomic mass is 16.3. The van der Waals surface area contributed by atoms with Crippen molar-refractivity contribution in [1.82, 2.24) is 4.98 Å². The van der Waals surface area contributed by atoms with Crippen molar-refractivity contribution >= 4 is 0 Å². The molecule has 1 fully saturated rings. The van der Waals surface area contributed by atoms with Crippen LogP contribution in [-0.2, 0) is 0 Å². The quantitative estimate of drug-likeness (QED) is 0.736. The highest BCUT2D eigenvalue weighted by Crippen LogP contribution is 2.39. The minimum Gasteiger partial charge on any atom is -0.389 e. The average molecular weight is 192 g/mol. The molecule has 2 unspecified atom stereocenters. The topological polar surface area (TPSA) is 59.1 Å². The first-order chi connectivity index (χ1) is 6.73. The summed E-state index contributed by atoms with van der Waals surface area (Å²) in [6.45, 7) is 0.365. The Kier molecular flexibility index (Phi) is 2.52. The predicted molar refractivity (Wildman–Crippen MR) is 54.8 cm³/mol. The molecule has 0 radical (unpaired) electrons. The van der Waals surface area contributed by atoms with E-state index in [4.69, 9.17) is 5.73 Å². The summed E-state index contributed by atoms with van der Waals surface area (Å²) in [4.78, 5) is 4.09. The van der Waals surface area contributed by atoms with Gasteiger partial charge in [-0.15, -0.1) is 0 Å². The van der Waals surface area contributed by atoms with Gasteiger partial charge in [0.2, 0.25) is 0 Å². The van der Waals surface area contributed by atoms with Crippen molar-refractivity contribution in [2.24, 2.45) is 5.73 Å². The van der Waals surface area contributed by atoms with Gasteiger partial charge < -0.3 is 10.8 Å². The minimum absolute atomic E-state index is 0.365. The fourth-order valence-corrected chi connectivity index (χ4v) is 2.19. The minimum atomic E-state index is -0.638. The van der Waals surface area contributed by atoms with Gasteiger partial charge in [0.25, 0.3) is 0 Å². The summed E-state index contributed by atoms with van der Waals surface area (Å²) in [7, 11) is 0. The predicted octanol–water partition coefficient (Wildman–Crippen LogP) is 1.04.